The molecule has 0 radical (unpaired) electrons. The summed E-state index contributed by atoms with van der Waals surface area (Å²) in [5, 5.41) is 11.7. The van der Waals surface area contributed by atoms with Crippen molar-refractivity contribution in [2.24, 2.45) is 4.99 Å². The molecule has 3 aromatic carbocycles. The van der Waals surface area contributed by atoms with Crippen molar-refractivity contribution >= 4 is 22.7 Å². The van der Waals surface area contributed by atoms with Gasteiger partial charge in [0.1, 0.15) is 0 Å². The van der Waals surface area contributed by atoms with Crippen LogP contribution < -0.4 is 5.56 Å². The van der Waals surface area contributed by atoms with Gasteiger partial charge in [0, 0.05) is 17.0 Å². The van der Waals surface area contributed by atoms with E-state index >= 15 is 0 Å². The quantitative estimate of drug-likeness (QED) is 0.426. The van der Waals surface area contributed by atoms with Crippen LogP contribution in [0.4, 0.5) is 18.9 Å². The average molecular weight is 422 g/mol. The Labute approximate surface area is 175 Å². The van der Waals surface area contributed by atoms with Gasteiger partial charge in [0.2, 0.25) is 5.88 Å². The van der Waals surface area contributed by atoms with E-state index in [1.807, 2.05) is 19.1 Å². The third-order valence-electron chi connectivity index (χ3n) is 4.91. The highest BCUT2D eigenvalue weighted by molar-refractivity contribution is 6.02. The molecule has 0 amide bonds. The molecule has 1 heterocycles. The standard InChI is InChI=1S/C24H17F3N2O2/c1-15-9-11-18(12-10-15)29-22(30)20-8-3-2-7-19(20)21(23(29)31)14-28-17-6-4-5-16(13-17)24(25,26)27/h2-14,31H,1H3. The van der Waals surface area contributed by atoms with Crippen LogP contribution in [-0.4, -0.2) is 15.9 Å². The van der Waals surface area contributed by atoms with E-state index in [1.165, 1.54) is 18.3 Å². The molecule has 0 aliphatic heterocycles. The maximum Gasteiger partial charge on any atom is 0.416 e. The molecule has 0 fully saturated rings. The Balaban J connectivity index is 1.91. The molecule has 1 N–H and O–H groups in total. The molecule has 0 atom stereocenters. The largest absolute Gasteiger partial charge is 0.494 e. The van der Waals surface area contributed by atoms with Gasteiger partial charge in [0.05, 0.1) is 22.5 Å². The van der Waals surface area contributed by atoms with Crippen molar-refractivity contribution in [2.75, 3.05) is 0 Å². The molecule has 4 aromatic rings. The van der Waals surface area contributed by atoms with Gasteiger partial charge in [-0.3, -0.25) is 9.79 Å². The second-order valence-corrected chi connectivity index (χ2v) is 7.07. The molecule has 0 aliphatic carbocycles. The summed E-state index contributed by atoms with van der Waals surface area (Å²) in [6, 6.07) is 18.3. The van der Waals surface area contributed by atoms with Crippen LogP contribution in [0.15, 0.2) is 82.6 Å². The minimum atomic E-state index is -4.49. The van der Waals surface area contributed by atoms with E-state index in [9.17, 15) is 23.1 Å². The predicted molar refractivity (Wildman–Crippen MR) is 115 cm³/mol. The lowest BCUT2D eigenvalue weighted by Gasteiger charge is -2.14. The molecule has 7 heteroatoms. The zero-order valence-electron chi connectivity index (χ0n) is 16.4. The zero-order valence-corrected chi connectivity index (χ0v) is 16.4. The third-order valence-corrected chi connectivity index (χ3v) is 4.91. The second kappa shape index (κ2) is 7.75. The first-order chi connectivity index (χ1) is 14.8. The number of aromatic hydroxyl groups is 1. The van der Waals surface area contributed by atoms with E-state index in [1.54, 1.807) is 36.4 Å². The lowest BCUT2D eigenvalue weighted by molar-refractivity contribution is -0.137. The van der Waals surface area contributed by atoms with Crippen LogP contribution in [0, 0.1) is 6.92 Å². The number of fused-ring (bicyclic) bond motifs is 1. The maximum absolute atomic E-state index is 13.0. The molecule has 4 nitrogen and oxygen atoms in total. The van der Waals surface area contributed by atoms with Gasteiger partial charge >= 0.3 is 6.18 Å². The summed E-state index contributed by atoms with van der Waals surface area (Å²) < 4.78 is 40.1. The third kappa shape index (κ3) is 3.94. The number of rotatable bonds is 3. The van der Waals surface area contributed by atoms with Gasteiger partial charge in [-0.05, 0) is 43.3 Å². The summed E-state index contributed by atoms with van der Waals surface area (Å²) in [6.07, 6.45) is -3.21. The van der Waals surface area contributed by atoms with E-state index in [0.29, 0.717) is 16.5 Å². The number of hydrogen-bond acceptors (Lipinski definition) is 3. The number of aryl methyl sites for hydroxylation is 1. The minimum absolute atomic E-state index is 0.0754. The van der Waals surface area contributed by atoms with Crippen LogP contribution in [0.25, 0.3) is 16.5 Å². The molecular weight excluding hydrogens is 405 g/mol. The highest BCUT2D eigenvalue weighted by Crippen LogP contribution is 2.32. The molecule has 1 aromatic heterocycles. The van der Waals surface area contributed by atoms with Crippen LogP contribution >= 0.6 is 0 Å². The molecule has 0 saturated heterocycles. The number of pyridine rings is 1. The Morgan fingerprint density at radius 2 is 1.61 bits per heavy atom. The second-order valence-electron chi connectivity index (χ2n) is 7.07. The Hall–Kier alpha value is -3.87. The topological polar surface area (TPSA) is 54.6 Å². The highest BCUT2D eigenvalue weighted by Gasteiger charge is 2.30. The van der Waals surface area contributed by atoms with Crippen molar-refractivity contribution in [3.05, 3.63) is 99.8 Å². The summed E-state index contributed by atoms with van der Waals surface area (Å²) in [5.41, 5.74) is 0.532. The van der Waals surface area contributed by atoms with Gasteiger partial charge in [-0.1, -0.05) is 42.0 Å². The molecule has 156 valence electrons. The van der Waals surface area contributed by atoms with Crippen molar-refractivity contribution in [1.82, 2.24) is 4.57 Å². The molecule has 31 heavy (non-hydrogen) atoms. The fraction of sp³-hybridized carbons (Fsp3) is 0.0833. The molecule has 0 aliphatic rings. The molecule has 0 unspecified atom stereocenters. The fourth-order valence-corrected chi connectivity index (χ4v) is 3.32. The first-order valence-electron chi connectivity index (χ1n) is 9.41. The number of benzene rings is 3. The van der Waals surface area contributed by atoms with Gasteiger partial charge in [0.15, 0.2) is 0 Å². The number of nitrogens with zero attached hydrogens (tertiary/aromatic N) is 2. The van der Waals surface area contributed by atoms with Crippen LogP contribution in [0.5, 0.6) is 5.88 Å². The van der Waals surface area contributed by atoms with Crippen molar-refractivity contribution < 1.29 is 18.3 Å². The summed E-state index contributed by atoms with van der Waals surface area (Å²) >= 11 is 0. The van der Waals surface area contributed by atoms with E-state index in [0.717, 1.165) is 22.3 Å². The van der Waals surface area contributed by atoms with E-state index < -0.39 is 17.3 Å². The van der Waals surface area contributed by atoms with Crippen LogP contribution in [0.3, 0.4) is 0 Å². The first-order valence-corrected chi connectivity index (χ1v) is 9.41. The summed E-state index contributed by atoms with van der Waals surface area (Å²) in [6.45, 7) is 1.90. The lowest BCUT2D eigenvalue weighted by Crippen LogP contribution is -2.20. The molecule has 0 spiro atoms. The molecule has 0 saturated carbocycles. The van der Waals surface area contributed by atoms with Crippen molar-refractivity contribution in [1.29, 1.82) is 0 Å². The first kappa shape index (κ1) is 20.4. The van der Waals surface area contributed by atoms with Crippen LogP contribution in [-0.2, 0) is 6.18 Å². The van der Waals surface area contributed by atoms with Crippen molar-refractivity contribution in [3.8, 4) is 11.6 Å². The van der Waals surface area contributed by atoms with Crippen molar-refractivity contribution in [3.63, 3.8) is 0 Å². The average Bonchev–Trinajstić information content (AvgIpc) is 2.75. The number of aromatic nitrogens is 1. The Bertz CT molecular complexity index is 1350. The molecule has 4 rings (SSSR count). The Morgan fingerprint density at radius 1 is 0.935 bits per heavy atom. The lowest BCUT2D eigenvalue weighted by atomic mass is 10.1. The summed E-state index contributed by atoms with van der Waals surface area (Å²) in [4.78, 5) is 17.2. The van der Waals surface area contributed by atoms with E-state index in [4.69, 9.17) is 0 Å². The van der Waals surface area contributed by atoms with Gasteiger partial charge in [-0.2, -0.15) is 13.2 Å². The number of halogens is 3. The van der Waals surface area contributed by atoms with Gasteiger partial charge < -0.3 is 5.11 Å². The van der Waals surface area contributed by atoms with E-state index in [2.05, 4.69) is 4.99 Å². The number of alkyl halides is 3. The van der Waals surface area contributed by atoms with Crippen molar-refractivity contribution in [2.45, 2.75) is 13.1 Å². The van der Waals surface area contributed by atoms with Gasteiger partial charge in [0.25, 0.3) is 5.56 Å². The summed E-state index contributed by atoms with van der Waals surface area (Å²) in [5.74, 6) is -0.344. The fourth-order valence-electron chi connectivity index (χ4n) is 3.32. The van der Waals surface area contributed by atoms with Crippen LogP contribution in [0.2, 0.25) is 0 Å². The monoisotopic (exact) mass is 422 g/mol. The van der Waals surface area contributed by atoms with Gasteiger partial charge in [-0.15, -0.1) is 0 Å². The smallest absolute Gasteiger partial charge is 0.416 e. The minimum Gasteiger partial charge on any atom is -0.494 e. The van der Waals surface area contributed by atoms with Gasteiger partial charge in [-0.25, -0.2) is 4.57 Å². The Morgan fingerprint density at radius 3 is 2.29 bits per heavy atom. The van der Waals surface area contributed by atoms with E-state index in [-0.39, 0.29) is 17.1 Å². The van der Waals surface area contributed by atoms with Crippen LogP contribution in [0.1, 0.15) is 16.7 Å². The Kier molecular flexibility index (Phi) is 5.10. The predicted octanol–water partition coefficient (Wildman–Crippen LogP) is 5.77. The molecular formula is C24H17F3N2O2. The normalized spacial score (nSPS) is 12.0. The zero-order chi connectivity index (χ0) is 22.2. The highest BCUT2D eigenvalue weighted by atomic mass is 19.4. The number of hydrogen-bond donors (Lipinski definition) is 1. The maximum atomic E-state index is 13.0. The SMILES string of the molecule is Cc1ccc(-n2c(O)c(C=Nc3cccc(C(F)(F)F)c3)c3ccccc3c2=O)cc1. The number of aliphatic imine (C=N–C) groups is 1. The molecule has 0 bridgehead atoms. The summed E-state index contributed by atoms with van der Waals surface area (Å²) in [7, 11) is 0.